The predicted octanol–water partition coefficient (Wildman–Crippen LogP) is 2.77. The van der Waals surface area contributed by atoms with E-state index in [-0.39, 0.29) is 18.2 Å². The Balaban J connectivity index is 1.56. The van der Waals surface area contributed by atoms with Gasteiger partial charge in [0.2, 0.25) is 0 Å². The van der Waals surface area contributed by atoms with Gasteiger partial charge < -0.3 is 15.0 Å². The molecule has 19 heavy (non-hydrogen) atoms. The first-order valence-electron chi connectivity index (χ1n) is 7.04. The van der Waals surface area contributed by atoms with E-state index in [1.165, 1.54) is 4.88 Å². The smallest absolute Gasteiger partial charge is 0.318 e. The van der Waals surface area contributed by atoms with Crippen LogP contribution in [0.4, 0.5) is 4.79 Å². The van der Waals surface area contributed by atoms with Crippen molar-refractivity contribution in [3.63, 3.8) is 0 Å². The lowest BCUT2D eigenvalue weighted by Crippen LogP contribution is -2.42. The van der Waals surface area contributed by atoms with E-state index in [4.69, 9.17) is 4.74 Å². The molecule has 5 heteroatoms. The standard InChI is InChI=1S/C14H20N2O2S/c17-14(15-10-11-4-2-8-18-11)16-7-1-5-12(16)13-6-3-9-19-13/h3,6,9,11-12H,1-2,4-5,7-8,10H2,(H,15,17)/t11-,12-/m0/s1. The third kappa shape index (κ3) is 2.92. The second kappa shape index (κ2) is 5.92. The molecule has 2 amide bonds. The van der Waals surface area contributed by atoms with E-state index in [0.717, 1.165) is 38.8 Å². The molecule has 0 aliphatic carbocycles. The van der Waals surface area contributed by atoms with Gasteiger partial charge in [-0.05, 0) is 37.1 Å². The fourth-order valence-electron chi connectivity index (χ4n) is 2.89. The molecule has 1 aromatic heterocycles. The number of likely N-dealkylation sites (tertiary alicyclic amines) is 1. The molecule has 0 radical (unpaired) electrons. The van der Waals surface area contributed by atoms with E-state index in [1.54, 1.807) is 11.3 Å². The van der Waals surface area contributed by atoms with Crippen molar-refractivity contribution in [2.45, 2.75) is 37.8 Å². The van der Waals surface area contributed by atoms with Gasteiger partial charge in [-0.25, -0.2) is 4.79 Å². The van der Waals surface area contributed by atoms with Gasteiger partial charge in [0.25, 0.3) is 0 Å². The molecule has 0 saturated carbocycles. The van der Waals surface area contributed by atoms with E-state index in [2.05, 4.69) is 22.8 Å². The van der Waals surface area contributed by atoms with Gasteiger partial charge in [-0.2, -0.15) is 0 Å². The van der Waals surface area contributed by atoms with Crippen LogP contribution < -0.4 is 5.32 Å². The fraction of sp³-hybridized carbons (Fsp3) is 0.643. The average molecular weight is 280 g/mol. The summed E-state index contributed by atoms with van der Waals surface area (Å²) in [6, 6.07) is 4.51. The summed E-state index contributed by atoms with van der Waals surface area (Å²) in [4.78, 5) is 15.5. The van der Waals surface area contributed by atoms with Gasteiger partial charge >= 0.3 is 6.03 Å². The number of amides is 2. The number of nitrogens with one attached hydrogen (secondary N) is 1. The minimum atomic E-state index is 0.0615. The Labute approximate surface area is 117 Å². The molecule has 0 aromatic carbocycles. The minimum absolute atomic E-state index is 0.0615. The van der Waals surface area contributed by atoms with E-state index >= 15 is 0 Å². The Morgan fingerprint density at radius 2 is 2.42 bits per heavy atom. The van der Waals surface area contributed by atoms with Gasteiger partial charge in [0.1, 0.15) is 0 Å². The molecule has 2 fully saturated rings. The van der Waals surface area contributed by atoms with Crippen LogP contribution in [0.25, 0.3) is 0 Å². The topological polar surface area (TPSA) is 41.6 Å². The SMILES string of the molecule is O=C(NC[C@@H]1CCCO1)N1CCC[C@H]1c1cccs1. The van der Waals surface area contributed by atoms with E-state index in [1.807, 2.05) is 4.90 Å². The van der Waals surface area contributed by atoms with Crippen LogP contribution in [-0.4, -0.2) is 36.7 Å². The van der Waals surface area contributed by atoms with Gasteiger partial charge in [-0.3, -0.25) is 0 Å². The summed E-state index contributed by atoms with van der Waals surface area (Å²) in [5, 5.41) is 5.10. The lowest BCUT2D eigenvalue weighted by molar-refractivity contribution is 0.108. The van der Waals surface area contributed by atoms with Crippen molar-refractivity contribution in [3.05, 3.63) is 22.4 Å². The van der Waals surface area contributed by atoms with Crippen LogP contribution in [0.3, 0.4) is 0 Å². The second-order valence-electron chi connectivity index (χ2n) is 5.19. The molecule has 0 spiro atoms. The summed E-state index contributed by atoms with van der Waals surface area (Å²) in [5.41, 5.74) is 0. The van der Waals surface area contributed by atoms with Crippen LogP contribution in [0, 0.1) is 0 Å². The number of urea groups is 1. The maximum absolute atomic E-state index is 12.3. The van der Waals surface area contributed by atoms with Crippen LogP contribution in [0.5, 0.6) is 0 Å². The summed E-state index contributed by atoms with van der Waals surface area (Å²) in [5.74, 6) is 0. The number of ether oxygens (including phenoxy) is 1. The number of nitrogens with zero attached hydrogens (tertiary/aromatic N) is 1. The van der Waals surface area contributed by atoms with Crippen molar-refractivity contribution in [1.29, 1.82) is 0 Å². The first-order chi connectivity index (χ1) is 9.34. The molecule has 2 atom stereocenters. The van der Waals surface area contributed by atoms with Crippen molar-refractivity contribution in [1.82, 2.24) is 10.2 Å². The van der Waals surface area contributed by atoms with Crippen molar-refractivity contribution in [3.8, 4) is 0 Å². The van der Waals surface area contributed by atoms with E-state index < -0.39 is 0 Å². The molecule has 4 nitrogen and oxygen atoms in total. The van der Waals surface area contributed by atoms with Crippen LogP contribution in [0.1, 0.15) is 36.6 Å². The highest BCUT2D eigenvalue weighted by Crippen LogP contribution is 2.34. The summed E-state index contributed by atoms with van der Waals surface area (Å²) >= 11 is 1.74. The summed E-state index contributed by atoms with van der Waals surface area (Å²) < 4.78 is 5.53. The predicted molar refractivity (Wildman–Crippen MR) is 75.4 cm³/mol. The van der Waals surface area contributed by atoms with Crippen LogP contribution >= 0.6 is 11.3 Å². The number of hydrogen-bond donors (Lipinski definition) is 1. The molecule has 1 aromatic rings. The number of carbonyl (C=O) groups excluding carboxylic acids is 1. The van der Waals surface area contributed by atoms with Crippen molar-refractivity contribution < 1.29 is 9.53 Å². The normalized spacial score (nSPS) is 26.8. The lowest BCUT2D eigenvalue weighted by atomic mass is 10.2. The molecule has 2 saturated heterocycles. The molecule has 0 unspecified atom stereocenters. The Bertz CT molecular complexity index is 415. The first-order valence-corrected chi connectivity index (χ1v) is 7.92. The molecular formula is C14H20N2O2S. The van der Waals surface area contributed by atoms with Crippen LogP contribution in [-0.2, 0) is 4.74 Å². The number of rotatable bonds is 3. The lowest BCUT2D eigenvalue weighted by Gasteiger charge is -2.25. The maximum Gasteiger partial charge on any atom is 0.318 e. The van der Waals surface area contributed by atoms with Gasteiger partial charge in [0, 0.05) is 24.6 Å². The monoisotopic (exact) mass is 280 g/mol. The Morgan fingerprint density at radius 3 is 3.16 bits per heavy atom. The van der Waals surface area contributed by atoms with Gasteiger partial charge in [0.15, 0.2) is 0 Å². The van der Waals surface area contributed by atoms with Crippen LogP contribution in [0.15, 0.2) is 17.5 Å². The minimum Gasteiger partial charge on any atom is -0.376 e. The Morgan fingerprint density at radius 1 is 1.47 bits per heavy atom. The summed E-state index contributed by atoms with van der Waals surface area (Å²) in [6.45, 7) is 2.34. The van der Waals surface area contributed by atoms with Crippen molar-refractivity contribution >= 4 is 17.4 Å². The van der Waals surface area contributed by atoms with E-state index in [9.17, 15) is 4.79 Å². The molecule has 1 N–H and O–H groups in total. The van der Waals surface area contributed by atoms with Crippen molar-refractivity contribution in [2.75, 3.05) is 19.7 Å². The highest BCUT2D eigenvalue weighted by molar-refractivity contribution is 7.10. The molecule has 3 rings (SSSR count). The second-order valence-corrected chi connectivity index (χ2v) is 6.17. The quantitative estimate of drug-likeness (QED) is 0.925. The maximum atomic E-state index is 12.3. The zero-order chi connectivity index (χ0) is 13.1. The molecule has 2 aliphatic heterocycles. The molecule has 104 valence electrons. The van der Waals surface area contributed by atoms with Crippen molar-refractivity contribution in [2.24, 2.45) is 0 Å². The molecule has 2 aliphatic rings. The summed E-state index contributed by atoms with van der Waals surface area (Å²) in [6.07, 6.45) is 4.56. The van der Waals surface area contributed by atoms with Gasteiger partial charge in [-0.15, -0.1) is 11.3 Å². The van der Waals surface area contributed by atoms with Gasteiger partial charge in [-0.1, -0.05) is 6.07 Å². The Hall–Kier alpha value is -1.07. The number of hydrogen-bond acceptors (Lipinski definition) is 3. The number of carbonyl (C=O) groups is 1. The Kier molecular flexibility index (Phi) is 4.03. The molecular weight excluding hydrogens is 260 g/mol. The van der Waals surface area contributed by atoms with Crippen LogP contribution in [0.2, 0.25) is 0 Å². The zero-order valence-electron chi connectivity index (χ0n) is 11.0. The zero-order valence-corrected chi connectivity index (χ0v) is 11.8. The highest BCUT2D eigenvalue weighted by atomic mass is 32.1. The third-order valence-electron chi connectivity index (χ3n) is 3.89. The third-order valence-corrected chi connectivity index (χ3v) is 4.86. The largest absolute Gasteiger partial charge is 0.376 e. The fourth-order valence-corrected chi connectivity index (χ4v) is 3.77. The highest BCUT2D eigenvalue weighted by Gasteiger charge is 2.30. The first kappa shape index (κ1) is 12.9. The molecule has 0 bridgehead atoms. The van der Waals surface area contributed by atoms with Gasteiger partial charge in [0.05, 0.1) is 12.1 Å². The average Bonchev–Trinajstić information content (AvgIpc) is 3.14. The number of thiophene rings is 1. The summed E-state index contributed by atoms with van der Waals surface area (Å²) in [7, 11) is 0. The molecule has 3 heterocycles. The van der Waals surface area contributed by atoms with E-state index in [0.29, 0.717) is 6.54 Å².